The number of rotatable bonds is 6. The van der Waals surface area contributed by atoms with Gasteiger partial charge in [-0.1, -0.05) is 78.9 Å². The Bertz CT molecular complexity index is 1650. The molecule has 0 aliphatic carbocycles. The first kappa shape index (κ1) is 25.5. The first-order chi connectivity index (χ1) is 19.6. The van der Waals surface area contributed by atoms with Crippen molar-refractivity contribution in [1.29, 1.82) is 0 Å². The van der Waals surface area contributed by atoms with Crippen molar-refractivity contribution < 1.29 is 14.4 Å². The highest BCUT2D eigenvalue weighted by molar-refractivity contribution is 7.99. The van der Waals surface area contributed by atoms with Crippen LogP contribution >= 0.6 is 11.8 Å². The molecule has 2 atom stereocenters. The number of amides is 3. The van der Waals surface area contributed by atoms with E-state index in [1.807, 2.05) is 97.1 Å². The number of aromatic nitrogens is 1. The molecule has 0 radical (unpaired) electrons. The number of fused-ring (bicyclic) bond motifs is 2. The molecule has 0 spiro atoms. The molecule has 40 heavy (non-hydrogen) atoms. The minimum Gasteiger partial charge on any atom is -0.351 e. The minimum atomic E-state index is -0.941. The van der Waals surface area contributed by atoms with Crippen molar-refractivity contribution in [2.24, 2.45) is 0 Å². The van der Waals surface area contributed by atoms with E-state index in [2.05, 4.69) is 15.6 Å². The fourth-order valence-electron chi connectivity index (χ4n) is 4.88. The third kappa shape index (κ3) is 5.21. The van der Waals surface area contributed by atoms with Crippen LogP contribution in [0.3, 0.4) is 0 Å². The zero-order valence-electron chi connectivity index (χ0n) is 21.4. The summed E-state index contributed by atoms with van der Waals surface area (Å²) in [4.78, 5) is 46.5. The highest BCUT2D eigenvalue weighted by Gasteiger charge is 2.40. The number of carbonyl (C=O) groups is 3. The second kappa shape index (κ2) is 11.1. The monoisotopic (exact) mass is 546 g/mol. The van der Waals surface area contributed by atoms with Crippen molar-refractivity contribution in [1.82, 2.24) is 10.3 Å². The number of benzene rings is 4. The second-order valence-corrected chi connectivity index (χ2v) is 10.7. The molecule has 3 amide bonds. The summed E-state index contributed by atoms with van der Waals surface area (Å²) in [6, 6.07) is 34.7. The maximum Gasteiger partial charge on any atom is 0.268 e. The van der Waals surface area contributed by atoms with Gasteiger partial charge in [-0.15, -0.1) is 11.8 Å². The topological polar surface area (TPSA) is 94.3 Å². The van der Waals surface area contributed by atoms with Gasteiger partial charge in [-0.2, -0.15) is 0 Å². The number of thioether (sulfide) groups is 1. The number of aromatic amines is 1. The van der Waals surface area contributed by atoms with Crippen LogP contribution < -0.4 is 15.5 Å². The summed E-state index contributed by atoms with van der Waals surface area (Å²) in [5, 5.41) is 6.35. The summed E-state index contributed by atoms with van der Waals surface area (Å²) in [5.41, 5.74) is 3.36. The largest absolute Gasteiger partial charge is 0.351 e. The van der Waals surface area contributed by atoms with Gasteiger partial charge in [0.15, 0.2) is 0 Å². The van der Waals surface area contributed by atoms with Crippen LogP contribution in [-0.2, 0) is 9.59 Å². The SMILES string of the molecule is O=C(CN1C(=O)[C@H](NC(=O)c2cc3ccccc3[nH]2)[C@H](c2ccccc2)Sc2ccccc21)Nc1ccccc1. The number of nitrogens with zero attached hydrogens (tertiary/aromatic N) is 1. The fourth-order valence-corrected chi connectivity index (χ4v) is 6.23. The van der Waals surface area contributed by atoms with Gasteiger partial charge < -0.3 is 20.5 Å². The molecule has 7 nitrogen and oxygen atoms in total. The number of nitrogens with one attached hydrogen (secondary N) is 3. The lowest BCUT2D eigenvalue weighted by molar-refractivity contribution is -0.123. The highest BCUT2D eigenvalue weighted by atomic mass is 32.2. The molecule has 1 aliphatic rings. The number of anilines is 2. The van der Waals surface area contributed by atoms with Crippen molar-refractivity contribution in [2.45, 2.75) is 16.2 Å². The highest BCUT2D eigenvalue weighted by Crippen LogP contribution is 2.45. The Morgan fingerprint density at radius 1 is 0.825 bits per heavy atom. The van der Waals surface area contributed by atoms with Gasteiger partial charge in [0.25, 0.3) is 11.8 Å². The molecular weight excluding hydrogens is 520 g/mol. The Balaban J connectivity index is 1.37. The molecule has 3 N–H and O–H groups in total. The third-order valence-electron chi connectivity index (χ3n) is 6.79. The molecule has 2 heterocycles. The van der Waals surface area contributed by atoms with E-state index in [0.29, 0.717) is 17.1 Å². The summed E-state index contributed by atoms with van der Waals surface area (Å²) in [6.07, 6.45) is 0. The van der Waals surface area contributed by atoms with Crippen LogP contribution in [0.5, 0.6) is 0 Å². The standard InChI is InChI=1S/C32H26N4O3S/c37-28(33-23-14-5-2-6-15-23)20-36-26-17-9-10-18-27(26)40-30(21-11-3-1-4-12-21)29(32(36)39)35-31(38)25-19-22-13-7-8-16-24(22)34-25/h1-19,29-30,34H,20H2,(H,33,37)(H,35,38)/t29-,30+/m1/s1. The molecule has 1 aliphatic heterocycles. The Kier molecular flexibility index (Phi) is 7.08. The van der Waals surface area contributed by atoms with E-state index in [0.717, 1.165) is 21.4 Å². The molecule has 0 saturated heterocycles. The van der Waals surface area contributed by atoms with Crippen LogP contribution in [-0.4, -0.2) is 35.3 Å². The molecule has 8 heteroatoms. The van der Waals surface area contributed by atoms with Gasteiger partial charge in [-0.05, 0) is 42.0 Å². The molecule has 198 valence electrons. The molecule has 0 fully saturated rings. The van der Waals surface area contributed by atoms with Gasteiger partial charge in [0, 0.05) is 21.5 Å². The Hall–Kier alpha value is -4.82. The molecule has 0 bridgehead atoms. The number of H-pyrrole nitrogens is 1. The first-order valence-electron chi connectivity index (χ1n) is 12.9. The Labute approximate surface area is 235 Å². The average molecular weight is 547 g/mol. The summed E-state index contributed by atoms with van der Waals surface area (Å²) >= 11 is 1.50. The smallest absolute Gasteiger partial charge is 0.268 e. The van der Waals surface area contributed by atoms with E-state index in [-0.39, 0.29) is 18.4 Å². The minimum absolute atomic E-state index is 0.203. The maximum atomic E-state index is 14.3. The van der Waals surface area contributed by atoms with Gasteiger partial charge in [0.1, 0.15) is 18.3 Å². The van der Waals surface area contributed by atoms with E-state index >= 15 is 0 Å². The van der Waals surface area contributed by atoms with Crippen LogP contribution in [0.4, 0.5) is 11.4 Å². The zero-order chi connectivity index (χ0) is 27.5. The van der Waals surface area contributed by atoms with Gasteiger partial charge >= 0.3 is 0 Å². The Morgan fingerprint density at radius 3 is 2.27 bits per heavy atom. The van der Waals surface area contributed by atoms with Gasteiger partial charge in [0.05, 0.1) is 10.9 Å². The van der Waals surface area contributed by atoms with Crippen molar-refractivity contribution in [3.05, 3.63) is 127 Å². The maximum absolute atomic E-state index is 14.3. The number of carbonyl (C=O) groups excluding carboxylic acids is 3. The van der Waals surface area contributed by atoms with Gasteiger partial charge in [-0.3, -0.25) is 14.4 Å². The van der Waals surface area contributed by atoms with Gasteiger partial charge in [0.2, 0.25) is 5.91 Å². The lowest BCUT2D eigenvalue weighted by atomic mass is 10.0. The lowest BCUT2D eigenvalue weighted by Gasteiger charge is -2.28. The molecule has 6 rings (SSSR count). The molecule has 1 aromatic heterocycles. The van der Waals surface area contributed by atoms with E-state index in [1.54, 1.807) is 18.2 Å². The normalized spacial score (nSPS) is 16.7. The molecule has 4 aromatic carbocycles. The average Bonchev–Trinajstić information content (AvgIpc) is 3.39. The van der Waals surface area contributed by atoms with E-state index in [9.17, 15) is 14.4 Å². The van der Waals surface area contributed by atoms with Crippen molar-refractivity contribution in [2.75, 3.05) is 16.8 Å². The van der Waals surface area contributed by atoms with Crippen molar-refractivity contribution in [3.8, 4) is 0 Å². The Morgan fingerprint density at radius 2 is 1.50 bits per heavy atom. The van der Waals surface area contributed by atoms with E-state index in [4.69, 9.17) is 0 Å². The van der Waals surface area contributed by atoms with Crippen molar-refractivity contribution >= 4 is 51.8 Å². The van der Waals surface area contributed by atoms with Crippen molar-refractivity contribution in [3.63, 3.8) is 0 Å². The second-order valence-electron chi connectivity index (χ2n) is 9.48. The number of para-hydroxylation sites is 3. The van der Waals surface area contributed by atoms with Crippen LogP contribution in [0, 0.1) is 0 Å². The first-order valence-corrected chi connectivity index (χ1v) is 13.8. The molecule has 5 aromatic rings. The van der Waals surface area contributed by atoms with Crippen LogP contribution in [0.15, 0.2) is 120 Å². The zero-order valence-corrected chi connectivity index (χ0v) is 22.2. The summed E-state index contributed by atoms with van der Waals surface area (Å²) in [7, 11) is 0. The molecular formula is C32H26N4O3S. The summed E-state index contributed by atoms with van der Waals surface area (Å²) in [6.45, 7) is -0.203. The lowest BCUT2D eigenvalue weighted by Crippen LogP contribution is -2.52. The molecule has 0 saturated carbocycles. The fraction of sp³-hybridized carbons (Fsp3) is 0.0938. The van der Waals surface area contributed by atoms with Crippen LogP contribution in [0.1, 0.15) is 21.3 Å². The molecule has 0 unspecified atom stereocenters. The van der Waals surface area contributed by atoms with E-state index in [1.165, 1.54) is 16.7 Å². The van der Waals surface area contributed by atoms with Crippen LogP contribution in [0.2, 0.25) is 0 Å². The third-order valence-corrected chi connectivity index (χ3v) is 8.19. The predicted molar refractivity (Wildman–Crippen MR) is 158 cm³/mol. The predicted octanol–water partition coefficient (Wildman–Crippen LogP) is 5.79. The summed E-state index contributed by atoms with van der Waals surface area (Å²) < 4.78 is 0. The summed E-state index contributed by atoms with van der Waals surface area (Å²) in [5.74, 6) is -1.09. The number of hydrogen-bond acceptors (Lipinski definition) is 4. The van der Waals surface area contributed by atoms with E-state index < -0.39 is 17.2 Å². The number of hydrogen-bond donors (Lipinski definition) is 3. The van der Waals surface area contributed by atoms with Crippen LogP contribution in [0.25, 0.3) is 10.9 Å². The van der Waals surface area contributed by atoms with Gasteiger partial charge in [-0.25, -0.2) is 0 Å². The quantitative estimate of drug-likeness (QED) is 0.252.